The monoisotopic (exact) mass is 289 g/mol. The Morgan fingerprint density at radius 1 is 1.10 bits per heavy atom. The molecule has 2 aromatic rings. The van der Waals surface area contributed by atoms with Gasteiger partial charge in [0.05, 0.1) is 5.92 Å². The summed E-state index contributed by atoms with van der Waals surface area (Å²) >= 11 is 0. The molecule has 0 fully saturated rings. The molecule has 0 aliphatic carbocycles. The highest BCUT2D eigenvalue weighted by Crippen LogP contribution is 2.22. The topological polar surface area (TPSA) is 66.4 Å². The van der Waals surface area contributed by atoms with Gasteiger partial charge in [-0.15, -0.1) is 0 Å². The molecule has 0 radical (unpaired) electrons. The molecule has 0 heterocycles. The van der Waals surface area contributed by atoms with Gasteiger partial charge < -0.3 is 10.4 Å². The van der Waals surface area contributed by atoms with Crippen LogP contribution in [0.2, 0.25) is 0 Å². The van der Waals surface area contributed by atoms with E-state index in [-0.39, 0.29) is 0 Å². The van der Waals surface area contributed by atoms with Crippen molar-refractivity contribution in [2.75, 3.05) is 0 Å². The van der Waals surface area contributed by atoms with E-state index < -0.39 is 29.7 Å². The second-order valence-electron chi connectivity index (χ2n) is 5.03. The fourth-order valence-electron chi connectivity index (χ4n) is 2.08. The van der Waals surface area contributed by atoms with Gasteiger partial charge in [0.15, 0.2) is 0 Å². The van der Waals surface area contributed by atoms with E-state index in [4.69, 9.17) is 5.11 Å². The second-order valence-corrected chi connectivity index (χ2v) is 5.03. The van der Waals surface area contributed by atoms with Crippen molar-refractivity contribution in [3.05, 3.63) is 47.8 Å². The summed E-state index contributed by atoms with van der Waals surface area (Å²) < 4.78 is 13.7. The normalized spacial score (nSPS) is 13.7. The predicted octanol–water partition coefficient (Wildman–Crippen LogP) is 2.82. The molecule has 2 rings (SSSR count). The molecule has 5 heteroatoms. The van der Waals surface area contributed by atoms with Gasteiger partial charge in [0.25, 0.3) is 5.91 Å². The van der Waals surface area contributed by atoms with Crippen LogP contribution < -0.4 is 5.32 Å². The molecule has 0 aliphatic rings. The van der Waals surface area contributed by atoms with E-state index in [0.29, 0.717) is 16.3 Å². The van der Waals surface area contributed by atoms with E-state index in [1.54, 1.807) is 31.2 Å². The first kappa shape index (κ1) is 15.0. The summed E-state index contributed by atoms with van der Waals surface area (Å²) in [7, 11) is 0. The molecule has 2 N–H and O–H groups in total. The molecule has 4 nitrogen and oxygen atoms in total. The van der Waals surface area contributed by atoms with Crippen molar-refractivity contribution in [1.29, 1.82) is 0 Å². The maximum atomic E-state index is 13.7. The minimum absolute atomic E-state index is 0.330. The molecule has 0 bridgehead atoms. The molecule has 0 saturated heterocycles. The number of nitrogens with one attached hydrogen (secondary N) is 1. The lowest BCUT2D eigenvalue weighted by Gasteiger charge is -2.18. The number of halogens is 1. The van der Waals surface area contributed by atoms with Gasteiger partial charge in [0.1, 0.15) is 5.82 Å². The largest absolute Gasteiger partial charge is 0.481 e. The summed E-state index contributed by atoms with van der Waals surface area (Å²) in [6.07, 6.45) is 0. The number of fused-ring (bicyclic) bond motifs is 1. The molecule has 0 saturated carbocycles. The third-order valence-corrected chi connectivity index (χ3v) is 3.61. The van der Waals surface area contributed by atoms with E-state index in [9.17, 15) is 14.0 Å². The van der Waals surface area contributed by atoms with Crippen LogP contribution in [0.1, 0.15) is 24.2 Å². The number of amides is 1. The minimum atomic E-state index is -0.980. The molecule has 0 spiro atoms. The lowest BCUT2D eigenvalue weighted by atomic mass is 10.0. The number of hydrogen-bond donors (Lipinski definition) is 2. The molecule has 2 unspecified atom stereocenters. The van der Waals surface area contributed by atoms with Crippen LogP contribution in [-0.2, 0) is 4.79 Å². The summed E-state index contributed by atoms with van der Waals surface area (Å²) in [5.41, 5.74) is 0.330. The Balaban J connectivity index is 2.32. The summed E-state index contributed by atoms with van der Waals surface area (Å²) in [6.45, 7) is 3.15. The number of carbonyl (C=O) groups excluding carboxylic acids is 1. The summed E-state index contributed by atoms with van der Waals surface area (Å²) in [6, 6.07) is 8.81. The van der Waals surface area contributed by atoms with Gasteiger partial charge in [-0.3, -0.25) is 9.59 Å². The third kappa shape index (κ3) is 3.02. The highest BCUT2D eigenvalue weighted by Gasteiger charge is 2.22. The maximum absolute atomic E-state index is 13.7. The molecular weight excluding hydrogens is 273 g/mol. The molecule has 0 aliphatic heterocycles. The van der Waals surface area contributed by atoms with Gasteiger partial charge in [-0.2, -0.15) is 0 Å². The van der Waals surface area contributed by atoms with E-state index in [1.807, 2.05) is 0 Å². The van der Waals surface area contributed by atoms with Crippen molar-refractivity contribution in [2.24, 2.45) is 5.92 Å². The van der Waals surface area contributed by atoms with Gasteiger partial charge in [0, 0.05) is 17.0 Å². The van der Waals surface area contributed by atoms with Crippen molar-refractivity contribution >= 4 is 22.6 Å². The van der Waals surface area contributed by atoms with Gasteiger partial charge in [-0.1, -0.05) is 24.3 Å². The lowest BCUT2D eigenvalue weighted by Crippen LogP contribution is -2.40. The van der Waals surface area contributed by atoms with Crippen molar-refractivity contribution in [3.63, 3.8) is 0 Å². The standard InChI is InChI=1S/C16H16FNO3/c1-9(16(20)21)10(2)18-15(19)13-7-8-14(17)12-6-4-3-5-11(12)13/h3-10H,1-2H3,(H,18,19)(H,20,21). The molecule has 21 heavy (non-hydrogen) atoms. The number of rotatable bonds is 4. The SMILES string of the molecule is CC(NC(=O)c1ccc(F)c2ccccc12)C(C)C(=O)O. The number of carboxylic acid groups (broad SMARTS) is 1. The summed E-state index contributed by atoms with van der Waals surface area (Å²) in [4.78, 5) is 23.2. The zero-order valence-electron chi connectivity index (χ0n) is 11.8. The predicted molar refractivity (Wildman–Crippen MR) is 77.6 cm³/mol. The van der Waals surface area contributed by atoms with Crippen LogP contribution in [-0.4, -0.2) is 23.0 Å². The lowest BCUT2D eigenvalue weighted by molar-refractivity contribution is -0.141. The summed E-state index contributed by atoms with van der Waals surface area (Å²) in [5, 5.41) is 12.5. The van der Waals surface area contributed by atoms with Gasteiger partial charge in [-0.05, 0) is 31.4 Å². The fourth-order valence-corrected chi connectivity index (χ4v) is 2.08. The van der Waals surface area contributed by atoms with Crippen LogP contribution in [0, 0.1) is 11.7 Å². The highest BCUT2D eigenvalue weighted by atomic mass is 19.1. The number of hydrogen-bond acceptors (Lipinski definition) is 2. The Kier molecular flexibility index (Phi) is 4.21. The van der Waals surface area contributed by atoms with E-state index in [0.717, 1.165) is 0 Å². The quantitative estimate of drug-likeness (QED) is 0.909. The average molecular weight is 289 g/mol. The molecule has 1 amide bonds. The van der Waals surface area contributed by atoms with E-state index in [2.05, 4.69) is 5.32 Å². The molecule has 110 valence electrons. The van der Waals surface area contributed by atoms with Crippen LogP contribution >= 0.6 is 0 Å². The summed E-state index contributed by atoms with van der Waals surface area (Å²) in [5.74, 6) is -2.49. The number of benzene rings is 2. The Labute approximate surface area is 121 Å². The van der Waals surface area contributed by atoms with E-state index >= 15 is 0 Å². The molecule has 2 aromatic carbocycles. The first-order valence-corrected chi connectivity index (χ1v) is 6.62. The Bertz CT molecular complexity index is 699. The van der Waals surface area contributed by atoms with E-state index in [1.165, 1.54) is 19.1 Å². The van der Waals surface area contributed by atoms with Crippen molar-refractivity contribution in [2.45, 2.75) is 19.9 Å². The van der Waals surface area contributed by atoms with Crippen LogP contribution in [0.25, 0.3) is 10.8 Å². The van der Waals surface area contributed by atoms with Crippen LogP contribution in [0.4, 0.5) is 4.39 Å². The molecule has 0 aromatic heterocycles. The molecular formula is C16H16FNO3. The van der Waals surface area contributed by atoms with Gasteiger partial charge in [-0.25, -0.2) is 4.39 Å². The average Bonchev–Trinajstić information content (AvgIpc) is 2.46. The van der Waals surface area contributed by atoms with Gasteiger partial charge in [0.2, 0.25) is 0 Å². The fraction of sp³-hybridized carbons (Fsp3) is 0.250. The zero-order chi connectivity index (χ0) is 15.6. The van der Waals surface area contributed by atoms with Crippen LogP contribution in [0.5, 0.6) is 0 Å². The Morgan fingerprint density at radius 3 is 2.33 bits per heavy atom. The number of aliphatic carboxylic acids is 1. The first-order valence-electron chi connectivity index (χ1n) is 6.62. The van der Waals surface area contributed by atoms with Gasteiger partial charge >= 0.3 is 5.97 Å². The smallest absolute Gasteiger partial charge is 0.308 e. The highest BCUT2D eigenvalue weighted by molar-refractivity contribution is 6.07. The van der Waals surface area contributed by atoms with Crippen molar-refractivity contribution in [1.82, 2.24) is 5.32 Å². The third-order valence-electron chi connectivity index (χ3n) is 3.61. The number of carbonyl (C=O) groups is 2. The van der Waals surface area contributed by atoms with Crippen LogP contribution in [0.15, 0.2) is 36.4 Å². The minimum Gasteiger partial charge on any atom is -0.481 e. The van der Waals surface area contributed by atoms with Crippen molar-refractivity contribution in [3.8, 4) is 0 Å². The second kappa shape index (κ2) is 5.91. The number of carboxylic acids is 1. The maximum Gasteiger partial charge on any atom is 0.308 e. The zero-order valence-corrected chi connectivity index (χ0v) is 11.8. The Morgan fingerprint density at radius 2 is 1.71 bits per heavy atom. The van der Waals surface area contributed by atoms with Crippen molar-refractivity contribution < 1.29 is 19.1 Å². The first-order chi connectivity index (χ1) is 9.91. The van der Waals surface area contributed by atoms with Crippen LogP contribution in [0.3, 0.4) is 0 Å². The Hall–Kier alpha value is -2.43. The molecule has 2 atom stereocenters.